The second kappa shape index (κ2) is 6.03. The number of nitrogens with one attached hydrogen (secondary N) is 1. The van der Waals surface area contributed by atoms with Gasteiger partial charge in [-0.3, -0.25) is 4.79 Å². The van der Waals surface area contributed by atoms with E-state index >= 15 is 0 Å². The van der Waals surface area contributed by atoms with Crippen molar-refractivity contribution in [1.29, 1.82) is 0 Å². The lowest BCUT2D eigenvalue weighted by Crippen LogP contribution is -2.16. The van der Waals surface area contributed by atoms with Crippen molar-refractivity contribution in [3.8, 4) is 10.6 Å². The number of nitrogens with zero attached hydrogens (tertiary/aromatic N) is 1. The zero-order valence-corrected chi connectivity index (χ0v) is 12.3. The molecule has 0 radical (unpaired) electrons. The average Bonchev–Trinajstić information content (AvgIpc) is 2.91. The fraction of sp³-hybridized carbons (Fsp3) is 0.125. The van der Waals surface area contributed by atoms with Crippen LogP contribution in [0.15, 0.2) is 48.5 Å². The smallest absolute Gasteiger partial charge is 0.250 e. The van der Waals surface area contributed by atoms with Gasteiger partial charge in [0.25, 0.3) is 0 Å². The number of methoxy groups -OCH3 is 1. The number of benzene rings is 2. The summed E-state index contributed by atoms with van der Waals surface area (Å²) < 4.78 is 5.96. The molecule has 5 heteroatoms. The first kappa shape index (κ1) is 13.7. The molecule has 2 aromatic carbocycles. The Morgan fingerprint density at radius 3 is 2.90 bits per heavy atom. The molecule has 4 nitrogen and oxygen atoms in total. The van der Waals surface area contributed by atoms with Crippen molar-refractivity contribution in [3.63, 3.8) is 0 Å². The molecule has 0 atom stereocenters. The van der Waals surface area contributed by atoms with Crippen LogP contribution < -0.4 is 5.32 Å². The van der Waals surface area contributed by atoms with Crippen LogP contribution in [-0.2, 0) is 9.53 Å². The minimum atomic E-state index is -0.168. The first-order valence-corrected chi connectivity index (χ1v) is 7.33. The van der Waals surface area contributed by atoms with Crippen molar-refractivity contribution in [2.45, 2.75) is 0 Å². The molecule has 0 bridgehead atoms. The van der Waals surface area contributed by atoms with E-state index in [2.05, 4.69) is 16.4 Å². The fourth-order valence-electron chi connectivity index (χ4n) is 2.05. The Balaban J connectivity index is 1.90. The standard InChI is InChI=1S/C16H14N2O2S/c1-20-10-15(19)17-12-6-4-5-11(9-12)16-18-13-7-2-3-8-14(13)21-16/h2-9H,10H2,1H3,(H,17,19). The SMILES string of the molecule is COCC(=O)Nc1cccc(-c2nc3ccccc3s2)c1. The molecule has 3 aromatic rings. The van der Waals surface area contributed by atoms with Crippen molar-refractivity contribution in [3.05, 3.63) is 48.5 Å². The van der Waals surface area contributed by atoms with Gasteiger partial charge in [0.1, 0.15) is 11.6 Å². The zero-order chi connectivity index (χ0) is 14.7. The number of hydrogen-bond acceptors (Lipinski definition) is 4. The summed E-state index contributed by atoms with van der Waals surface area (Å²) in [5, 5.41) is 3.74. The Hall–Kier alpha value is -2.24. The summed E-state index contributed by atoms with van der Waals surface area (Å²) in [6, 6.07) is 15.7. The molecular weight excluding hydrogens is 284 g/mol. The van der Waals surface area contributed by atoms with Gasteiger partial charge in [0, 0.05) is 18.4 Å². The normalized spacial score (nSPS) is 10.7. The lowest BCUT2D eigenvalue weighted by atomic mass is 10.2. The third kappa shape index (κ3) is 3.09. The lowest BCUT2D eigenvalue weighted by molar-refractivity contribution is -0.119. The van der Waals surface area contributed by atoms with Gasteiger partial charge in [-0.2, -0.15) is 0 Å². The van der Waals surface area contributed by atoms with E-state index in [9.17, 15) is 4.79 Å². The number of aromatic nitrogens is 1. The third-order valence-corrected chi connectivity index (χ3v) is 4.05. The molecule has 0 unspecified atom stereocenters. The van der Waals surface area contributed by atoms with Gasteiger partial charge in [-0.15, -0.1) is 11.3 Å². The van der Waals surface area contributed by atoms with Gasteiger partial charge in [0.2, 0.25) is 5.91 Å². The highest BCUT2D eigenvalue weighted by molar-refractivity contribution is 7.21. The third-order valence-electron chi connectivity index (χ3n) is 2.96. The molecule has 1 aromatic heterocycles. The van der Waals surface area contributed by atoms with Crippen molar-refractivity contribution >= 4 is 33.1 Å². The van der Waals surface area contributed by atoms with Crippen LogP contribution in [0.5, 0.6) is 0 Å². The first-order chi connectivity index (χ1) is 10.3. The summed E-state index contributed by atoms with van der Waals surface area (Å²) in [7, 11) is 1.50. The fourth-order valence-corrected chi connectivity index (χ4v) is 3.02. The monoisotopic (exact) mass is 298 g/mol. The second-order valence-corrected chi connectivity index (χ2v) is 5.58. The maximum atomic E-state index is 11.6. The number of carbonyl (C=O) groups excluding carboxylic acids is 1. The summed E-state index contributed by atoms with van der Waals surface area (Å²) >= 11 is 1.64. The van der Waals surface area contributed by atoms with Crippen LogP contribution in [0.4, 0.5) is 5.69 Å². The molecular formula is C16H14N2O2S. The number of para-hydroxylation sites is 1. The van der Waals surface area contributed by atoms with Crippen molar-refractivity contribution < 1.29 is 9.53 Å². The molecule has 21 heavy (non-hydrogen) atoms. The zero-order valence-electron chi connectivity index (χ0n) is 11.5. The second-order valence-electron chi connectivity index (χ2n) is 4.55. The molecule has 1 amide bonds. The maximum Gasteiger partial charge on any atom is 0.250 e. The van der Waals surface area contributed by atoms with Crippen LogP contribution >= 0.6 is 11.3 Å². The minimum Gasteiger partial charge on any atom is -0.375 e. The van der Waals surface area contributed by atoms with Crippen molar-refractivity contribution in [1.82, 2.24) is 4.98 Å². The highest BCUT2D eigenvalue weighted by Gasteiger charge is 2.07. The van der Waals surface area contributed by atoms with Crippen LogP contribution in [-0.4, -0.2) is 24.6 Å². The van der Waals surface area contributed by atoms with E-state index in [1.807, 2.05) is 42.5 Å². The van der Waals surface area contributed by atoms with Gasteiger partial charge in [0.15, 0.2) is 0 Å². The summed E-state index contributed by atoms with van der Waals surface area (Å²) in [5.74, 6) is -0.168. The van der Waals surface area contributed by atoms with E-state index in [0.717, 1.165) is 26.5 Å². The topological polar surface area (TPSA) is 51.2 Å². The van der Waals surface area contributed by atoms with E-state index in [1.54, 1.807) is 11.3 Å². The van der Waals surface area contributed by atoms with Crippen LogP contribution in [0.2, 0.25) is 0 Å². The molecule has 1 heterocycles. The van der Waals surface area contributed by atoms with Gasteiger partial charge in [-0.05, 0) is 24.3 Å². The summed E-state index contributed by atoms with van der Waals surface area (Å²) in [4.78, 5) is 16.2. The quantitative estimate of drug-likeness (QED) is 0.801. The molecule has 0 aliphatic rings. The van der Waals surface area contributed by atoms with E-state index in [0.29, 0.717) is 0 Å². The number of anilines is 1. The molecule has 3 rings (SSSR count). The summed E-state index contributed by atoms with van der Waals surface area (Å²) in [6.45, 7) is 0.0470. The Labute approximate surface area is 126 Å². The van der Waals surface area contributed by atoms with Crippen LogP contribution in [0.1, 0.15) is 0 Å². The molecule has 0 saturated carbocycles. The summed E-state index contributed by atoms with van der Waals surface area (Å²) in [6.07, 6.45) is 0. The molecule has 1 N–H and O–H groups in total. The number of hydrogen-bond donors (Lipinski definition) is 1. The summed E-state index contributed by atoms with van der Waals surface area (Å²) in [5.41, 5.74) is 2.73. The lowest BCUT2D eigenvalue weighted by Gasteiger charge is -2.05. The van der Waals surface area contributed by atoms with Gasteiger partial charge in [-0.25, -0.2) is 4.98 Å². The molecule has 106 valence electrons. The van der Waals surface area contributed by atoms with Crippen LogP contribution in [0.25, 0.3) is 20.8 Å². The number of ether oxygens (including phenoxy) is 1. The van der Waals surface area contributed by atoms with E-state index < -0.39 is 0 Å². The number of amides is 1. The average molecular weight is 298 g/mol. The highest BCUT2D eigenvalue weighted by atomic mass is 32.1. The molecule has 0 spiro atoms. The van der Waals surface area contributed by atoms with Gasteiger partial charge >= 0.3 is 0 Å². The Bertz CT molecular complexity index is 750. The molecule has 0 fully saturated rings. The minimum absolute atomic E-state index is 0.0470. The predicted octanol–water partition coefficient (Wildman–Crippen LogP) is 3.55. The van der Waals surface area contributed by atoms with E-state index in [-0.39, 0.29) is 12.5 Å². The first-order valence-electron chi connectivity index (χ1n) is 6.51. The van der Waals surface area contributed by atoms with Crippen molar-refractivity contribution in [2.75, 3.05) is 19.0 Å². The Morgan fingerprint density at radius 1 is 1.24 bits per heavy atom. The number of rotatable bonds is 4. The Morgan fingerprint density at radius 2 is 2.10 bits per heavy atom. The van der Waals surface area contributed by atoms with Crippen molar-refractivity contribution in [2.24, 2.45) is 0 Å². The van der Waals surface area contributed by atoms with Crippen LogP contribution in [0.3, 0.4) is 0 Å². The number of fused-ring (bicyclic) bond motifs is 1. The predicted molar refractivity (Wildman–Crippen MR) is 85.6 cm³/mol. The largest absolute Gasteiger partial charge is 0.375 e. The molecule has 0 aliphatic heterocycles. The van der Waals surface area contributed by atoms with Gasteiger partial charge < -0.3 is 10.1 Å². The van der Waals surface area contributed by atoms with Gasteiger partial charge in [-0.1, -0.05) is 24.3 Å². The number of carbonyl (C=O) groups is 1. The van der Waals surface area contributed by atoms with E-state index in [4.69, 9.17) is 4.74 Å². The van der Waals surface area contributed by atoms with Gasteiger partial charge in [0.05, 0.1) is 10.2 Å². The molecule has 0 saturated heterocycles. The Kier molecular flexibility index (Phi) is 3.94. The van der Waals surface area contributed by atoms with E-state index in [1.165, 1.54) is 7.11 Å². The maximum absolute atomic E-state index is 11.6. The molecule has 0 aliphatic carbocycles. The highest BCUT2D eigenvalue weighted by Crippen LogP contribution is 2.31. The van der Waals surface area contributed by atoms with Crippen LogP contribution in [0, 0.1) is 0 Å². The number of thiazole rings is 1.